The fraction of sp³-hybridized carbons (Fsp3) is 0.0870. The van der Waals surface area contributed by atoms with E-state index in [1.165, 1.54) is 23.1 Å². The van der Waals surface area contributed by atoms with Gasteiger partial charge in [-0.2, -0.15) is 0 Å². The van der Waals surface area contributed by atoms with Gasteiger partial charge >= 0.3 is 0 Å². The molecule has 8 nitrogen and oxygen atoms in total. The first kappa shape index (κ1) is 22.4. The van der Waals surface area contributed by atoms with Gasteiger partial charge in [0.25, 0.3) is 17.5 Å². The first-order valence-electron chi connectivity index (χ1n) is 9.78. The number of nitro benzene ring substituents is 1. The van der Waals surface area contributed by atoms with E-state index in [9.17, 15) is 19.7 Å². The number of halogens is 1. The highest BCUT2D eigenvalue weighted by atomic mass is 35.5. The summed E-state index contributed by atoms with van der Waals surface area (Å²) in [6.07, 6.45) is 1.52. The van der Waals surface area contributed by atoms with Crippen LogP contribution in [0.15, 0.2) is 60.2 Å². The molecule has 33 heavy (non-hydrogen) atoms. The number of rotatable bonds is 4. The SMILES string of the molecule is Cc1cc(/C=C2\C(=O)NC(=S)N(c3cccc(Cl)c3)C2=O)c(C)n1-c1ccc([N+](=O)[O-])cc1. The smallest absolute Gasteiger partial charge is 0.270 e. The second kappa shape index (κ2) is 8.61. The molecule has 0 unspecified atom stereocenters. The van der Waals surface area contributed by atoms with Crippen LogP contribution in [0.2, 0.25) is 5.02 Å². The maximum atomic E-state index is 13.2. The third-order valence-electron chi connectivity index (χ3n) is 5.26. The summed E-state index contributed by atoms with van der Waals surface area (Å²) in [6.45, 7) is 3.71. The summed E-state index contributed by atoms with van der Waals surface area (Å²) < 4.78 is 1.89. The predicted molar refractivity (Wildman–Crippen MR) is 130 cm³/mol. The number of nitrogens with one attached hydrogen (secondary N) is 1. The molecule has 0 radical (unpaired) electrons. The fourth-order valence-corrected chi connectivity index (χ4v) is 4.18. The van der Waals surface area contributed by atoms with Crippen molar-refractivity contribution in [3.8, 4) is 5.69 Å². The van der Waals surface area contributed by atoms with Crippen molar-refractivity contribution in [3.63, 3.8) is 0 Å². The molecule has 1 aliphatic rings. The zero-order valence-corrected chi connectivity index (χ0v) is 19.1. The quantitative estimate of drug-likeness (QED) is 0.195. The van der Waals surface area contributed by atoms with E-state index in [0.29, 0.717) is 16.3 Å². The Morgan fingerprint density at radius 1 is 1.06 bits per heavy atom. The van der Waals surface area contributed by atoms with E-state index < -0.39 is 16.7 Å². The molecule has 0 bridgehead atoms. The lowest BCUT2D eigenvalue weighted by molar-refractivity contribution is -0.384. The molecule has 0 atom stereocenters. The molecule has 1 saturated heterocycles. The van der Waals surface area contributed by atoms with E-state index >= 15 is 0 Å². The number of nitrogens with zero attached hydrogens (tertiary/aromatic N) is 3. The lowest BCUT2D eigenvalue weighted by Crippen LogP contribution is -2.54. The second-order valence-corrected chi connectivity index (χ2v) is 8.20. The molecule has 4 rings (SSSR count). The number of hydrogen-bond donors (Lipinski definition) is 1. The first-order valence-corrected chi connectivity index (χ1v) is 10.6. The van der Waals surface area contributed by atoms with Crippen LogP contribution in [0.3, 0.4) is 0 Å². The van der Waals surface area contributed by atoms with Crippen LogP contribution >= 0.6 is 23.8 Å². The maximum Gasteiger partial charge on any atom is 0.270 e. The van der Waals surface area contributed by atoms with E-state index in [4.69, 9.17) is 23.8 Å². The van der Waals surface area contributed by atoms with Gasteiger partial charge in [0.05, 0.1) is 10.6 Å². The third-order valence-corrected chi connectivity index (χ3v) is 5.78. The van der Waals surface area contributed by atoms with Crippen molar-refractivity contribution in [2.75, 3.05) is 4.90 Å². The lowest BCUT2D eigenvalue weighted by Gasteiger charge is -2.29. The molecule has 10 heteroatoms. The van der Waals surface area contributed by atoms with Gasteiger partial charge in [0, 0.05) is 34.2 Å². The Bertz CT molecular complexity index is 1360. The summed E-state index contributed by atoms with van der Waals surface area (Å²) in [7, 11) is 0. The number of hydrogen-bond acceptors (Lipinski definition) is 5. The summed E-state index contributed by atoms with van der Waals surface area (Å²) in [6, 6.07) is 14.6. The highest BCUT2D eigenvalue weighted by Gasteiger charge is 2.34. The number of carbonyl (C=O) groups is 2. The Balaban J connectivity index is 1.74. The van der Waals surface area contributed by atoms with Crippen molar-refractivity contribution in [1.82, 2.24) is 9.88 Å². The van der Waals surface area contributed by atoms with Crippen molar-refractivity contribution in [2.45, 2.75) is 13.8 Å². The van der Waals surface area contributed by atoms with Gasteiger partial charge in [-0.15, -0.1) is 0 Å². The van der Waals surface area contributed by atoms with E-state index in [1.807, 2.05) is 24.5 Å². The normalized spacial score (nSPS) is 15.2. The third kappa shape index (κ3) is 4.15. The molecule has 2 amide bonds. The maximum absolute atomic E-state index is 13.2. The summed E-state index contributed by atoms with van der Waals surface area (Å²) in [5.41, 5.74) is 3.33. The van der Waals surface area contributed by atoms with Crippen LogP contribution < -0.4 is 10.2 Å². The van der Waals surface area contributed by atoms with Gasteiger partial charge in [-0.05, 0) is 74.1 Å². The number of anilines is 1. The molecule has 1 fully saturated rings. The highest BCUT2D eigenvalue weighted by molar-refractivity contribution is 7.80. The number of aryl methyl sites for hydroxylation is 1. The van der Waals surface area contributed by atoms with Crippen LogP contribution in [0.1, 0.15) is 17.0 Å². The number of thiocarbonyl (C=S) groups is 1. The number of aromatic nitrogens is 1. The Hall–Kier alpha value is -3.82. The minimum Gasteiger partial charge on any atom is -0.318 e. The van der Waals surface area contributed by atoms with Gasteiger partial charge in [0.1, 0.15) is 5.57 Å². The first-order chi connectivity index (χ1) is 15.7. The van der Waals surface area contributed by atoms with Crippen LogP contribution in [0.4, 0.5) is 11.4 Å². The molecule has 0 spiro atoms. The molecule has 166 valence electrons. The lowest BCUT2D eigenvalue weighted by atomic mass is 10.1. The number of benzene rings is 2. The average molecular weight is 481 g/mol. The summed E-state index contributed by atoms with van der Waals surface area (Å²) >= 11 is 11.3. The van der Waals surface area contributed by atoms with Crippen LogP contribution in [-0.4, -0.2) is 26.4 Å². The van der Waals surface area contributed by atoms with Gasteiger partial charge in [0.15, 0.2) is 5.11 Å². The second-order valence-electron chi connectivity index (χ2n) is 7.37. The average Bonchev–Trinajstić information content (AvgIpc) is 3.04. The molecular weight excluding hydrogens is 464 g/mol. The summed E-state index contributed by atoms with van der Waals surface area (Å²) in [4.78, 5) is 37.6. The largest absolute Gasteiger partial charge is 0.318 e. The summed E-state index contributed by atoms with van der Waals surface area (Å²) in [5, 5.41) is 13.9. The Kier molecular flexibility index (Phi) is 5.84. The molecule has 2 aromatic carbocycles. The van der Waals surface area contributed by atoms with Crippen molar-refractivity contribution >= 4 is 58.2 Å². The Labute approximate surface area is 199 Å². The van der Waals surface area contributed by atoms with Gasteiger partial charge in [-0.1, -0.05) is 17.7 Å². The van der Waals surface area contributed by atoms with E-state index in [1.54, 1.807) is 36.4 Å². The molecule has 1 aliphatic heterocycles. The van der Waals surface area contributed by atoms with E-state index in [-0.39, 0.29) is 16.4 Å². The minimum absolute atomic E-state index is 0.00916. The van der Waals surface area contributed by atoms with Crippen molar-refractivity contribution in [1.29, 1.82) is 0 Å². The molecule has 0 aliphatic carbocycles. The van der Waals surface area contributed by atoms with Gasteiger partial charge in [-0.25, -0.2) is 0 Å². The van der Waals surface area contributed by atoms with E-state index in [0.717, 1.165) is 17.1 Å². The Morgan fingerprint density at radius 3 is 2.39 bits per heavy atom. The number of non-ortho nitro benzene ring substituents is 1. The van der Waals surface area contributed by atoms with Crippen molar-refractivity contribution in [2.24, 2.45) is 0 Å². The van der Waals surface area contributed by atoms with Crippen LogP contribution in [0.5, 0.6) is 0 Å². The predicted octanol–water partition coefficient (Wildman–Crippen LogP) is 4.49. The van der Waals surface area contributed by atoms with Crippen molar-refractivity contribution in [3.05, 3.63) is 92.3 Å². The molecule has 0 saturated carbocycles. The zero-order valence-electron chi connectivity index (χ0n) is 17.5. The van der Waals surface area contributed by atoms with Crippen LogP contribution in [-0.2, 0) is 9.59 Å². The standard InChI is InChI=1S/C23H17ClN4O4S/c1-13-10-15(14(2)26(13)17-6-8-18(9-7-17)28(31)32)11-20-21(29)25-23(33)27(22(20)30)19-5-3-4-16(24)12-19/h3-12H,1-2H3,(H,25,29,33)/b20-11+. The Morgan fingerprint density at radius 2 is 1.76 bits per heavy atom. The van der Waals surface area contributed by atoms with Gasteiger partial charge in [0.2, 0.25) is 0 Å². The van der Waals surface area contributed by atoms with Crippen LogP contribution in [0.25, 0.3) is 11.8 Å². The van der Waals surface area contributed by atoms with E-state index in [2.05, 4.69) is 5.32 Å². The number of nitro groups is 1. The molecular formula is C23H17ClN4O4S. The summed E-state index contributed by atoms with van der Waals surface area (Å²) in [5.74, 6) is -1.16. The highest BCUT2D eigenvalue weighted by Crippen LogP contribution is 2.27. The van der Waals surface area contributed by atoms with Crippen molar-refractivity contribution < 1.29 is 14.5 Å². The molecule has 3 aromatic rings. The fourth-order valence-electron chi connectivity index (χ4n) is 3.72. The molecule has 2 heterocycles. The van der Waals surface area contributed by atoms with Gasteiger partial charge in [-0.3, -0.25) is 29.9 Å². The minimum atomic E-state index is -0.594. The monoisotopic (exact) mass is 480 g/mol. The van der Waals surface area contributed by atoms with Crippen LogP contribution in [0, 0.1) is 24.0 Å². The number of carbonyl (C=O) groups excluding carboxylic acids is 2. The molecule has 1 aromatic heterocycles. The molecule has 1 N–H and O–H groups in total. The van der Waals surface area contributed by atoms with Gasteiger partial charge < -0.3 is 4.57 Å². The number of amides is 2. The topological polar surface area (TPSA) is 97.5 Å². The zero-order chi connectivity index (χ0) is 23.9.